The van der Waals surface area contributed by atoms with Crippen molar-refractivity contribution in [3.63, 3.8) is 0 Å². The van der Waals surface area contributed by atoms with E-state index < -0.39 is 0 Å². The minimum absolute atomic E-state index is 0.0534. The zero-order valence-electron chi connectivity index (χ0n) is 15.5. The van der Waals surface area contributed by atoms with E-state index in [1.54, 1.807) is 0 Å². The largest absolute Gasteiger partial charge is 0.377 e. The van der Waals surface area contributed by atoms with E-state index in [4.69, 9.17) is 9.47 Å². The van der Waals surface area contributed by atoms with Gasteiger partial charge in [0.1, 0.15) is 5.60 Å². The summed E-state index contributed by atoms with van der Waals surface area (Å²) in [4.78, 5) is 20.3. The van der Waals surface area contributed by atoms with Crippen molar-refractivity contribution in [1.82, 2.24) is 14.8 Å². The summed E-state index contributed by atoms with van der Waals surface area (Å²) in [5.41, 5.74) is 1.39. The molecule has 1 aromatic heterocycles. The molecule has 0 saturated carbocycles. The molecule has 2 atom stereocenters. The van der Waals surface area contributed by atoms with Crippen molar-refractivity contribution in [2.75, 3.05) is 46.9 Å². The summed E-state index contributed by atoms with van der Waals surface area (Å²) < 4.78 is 12.2. The Bertz CT molecular complexity index is 787. The normalized spacial score (nSPS) is 26.7. The SMILES string of the molecule is CN(C)C[C@H]1CC[C@]2(COCCN(C(=O)c3ccc4[nH]ccc4c3)C2)O1. The van der Waals surface area contributed by atoms with Crippen molar-refractivity contribution in [1.29, 1.82) is 0 Å². The van der Waals surface area contributed by atoms with E-state index in [1.165, 1.54) is 0 Å². The Morgan fingerprint density at radius 2 is 2.27 bits per heavy atom. The van der Waals surface area contributed by atoms with Crippen molar-refractivity contribution in [2.45, 2.75) is 24.5 Å². The number of carbonyl (C=O) groups excluding carboxylic acids is 1. The third kappa shape index (κ3) is 3.49. The van der Waals surface area contributed by atoms with Gasteiger partial charge in [0.25, 0.3) is 5.91 Å². The minimum atomic E-state index is -0.370. The highest BCUT2D eigenvalue weighted by Gasteiger charge is 2.44. The number of benzene rings is 1. The summed E-state index contributed by atoms with van der Waals surface area (Å²) in [7, 11) is 4.12. The number of ether oxygens (including phenoxy) is 2. The molecular formula is C20H27N3O3. The van der Waals surface area contributed by atoms with E-state index in [9.17, 15) is 4.79 Å². The second-order valence-electron chi connectivity index (χ2n) is 7.78. The summed E-state index contributed by atoms with van der Waals surface area (Å²) in [6, 6.07) is 7.80. The Morgan fingerprint density at radius 1 is 1.38 bits per heavy atom. The smallest absolute Gasteiger partial charge is 0.254 e. The first-order chi connectivity index (χ1) is 12.5. The zero-order chi connectivity index (χ0) is 18.1. The Balaban J connectivity index is 1.51. The predicted octanol–water partition coefficient (Wildman–Crippen LogP) is 2.12. The van der Waals surface area contributed by atoms with Crippen LogP contribution in [-0.2, 0) is 9.47 Å². The molecule has 4 rings (SSSR count). The summed E-state index contributed by atoms with van der Waals surface area (Å²) >= 11 is 0. The number of amides is 1. The van der Waals surface area contributed by atoms with Crippen LogP contribution in [0.4, 0.5) is 0 Å². The molecule has 6 heteroatoms. The van der Waals surface area contributed by atoms with Crippen LogP contribution in [0, 0.1) is 0 Å². The number of fused-ring (bicyclic) bond motifs is 1. The molecule has 2 aliphatic rings. The Morgan fingerprint density at radius 3 is 3.12 bits per heavy atom. The maximum Gasteiger partial charge on any atom is 0.254 e. The number of H-pyrrole nitrogens is 1. The van der Waals surface area contributed by atoms with Crippen LogP contribution in [0.15, 0.2) is 30.5 Å². The van der Waals surface area contributed by atoms with Crippen LogP contribution in [0.3, 0.4) is 0 Å². The quantitative estimate of drug-likeness (QED) is 0.914. The highest BCUT2D eigenvalue weighted by molar-refractivity contribution is 5.98. The molecule has 1 amide bonds. The first kappa shape index (κ1) is 17.5. The number of likely N-dealkylation sites (N-methyl/N-ethyl adjacent to an activating group) is 1. The topological polar surface area (TPSA) is 57.8 Å². The molecule has 140 valence electrons. The lowest BCUT2D eigenvalue weighted by atomic mass is 9.99. The van der Waals surface area contributed by atoms with Crippen LogP contribution < -0.4 is 0 Å². The minimum Gasteiger partial charge on any atom is -0.377 e. The number of hydrogen-bond donors (Lipinski definition) is 1. The Labute approximate surface area is 154 Å². The number of aromatic amines is 1. The van der Waals surface area contributed by atoms with Crippen LogP contribution in [0.25, 0.3) is 10.9 Å². The average Bonchev–Trinajstić information content (AvgIpc) is 3.17. The lowest BCUT2D eigenvalue weighted by Gasteiger charge is -2.32. The fourth-order valence-corrected chi connectivity index (χ4v) is 4.10. The van der Waals surface area contributed by atoms with Gasteiger partial charge in [-0.25, -0.2) is 0 Å². The van der Waals surface area contributed by atoms with Crippen LogP contribution in [0.2, 0.25) is 0 Å². The molecule has 0 radical (unpaired) electrons. The van der Waals surface area contributed by atoms with E-state index in [0.29, 0.717) is 26.3 Å². The summed E-state index contributed by atoms with van der Waals surface area (Å²) in [6.07, 6.45) is 4.05. The molecule has 1 spiro atoms. The molecule has 6 nitrogen and oxygen atoms in total. The first-order valence-corrected chi connectivity index (χ1v) is 9.31. The van der Waals surface area contributed by atoms with Gasteiger partial charge in [0.2, 0.25) is 0 Å². The van der Waals surface area contributed by atoms with Crippen molar-refractivity contribution in [2.24, 2.45) is 0 Å². The maximum absolute atomic E-state index is 13.1. The molecular weight excluding hydrogens is 330 g/mol. The van der Waals surface area contributed by atoms with Crippen LogP contribution in [0.1, 0.15) is 23.2 Å². The second-order valence-corrected chi connectivity index (χ2v) is 7.78. The van der Waals surface area contributed by atoms with Gasteiger partial charge < -0.3 is 24.3 Å². The first-order valence-electron chi connectivity index (χ1n) is 9.31. The van der Waals surface area contributed by atoms with Gasteiger partial charge in [-0.3, -0.25) is 4.79 Å². The number of carbonyl (C=O) groups is 1. The van der Waals surface area contributed by atoms with Crippen molar-refractivity contribution in [3.8, 4) is 0 Å². The Hall–Kier alpha value is -1.89. The highest BCUT2D eigenvalue weighted by Crippen LogP contribution is 2.33. The fraction of sp³-hybridized carbons (Fsp3) is 0.550. The van der Waals surface area contributed by atoms with Crippen molar-refractivity contribution >= 4 is 16.8 Å². The number of rotatable bonds is 3. The molecule has 26 heavy (non-hydrogen) atoms. The molecule has 1 N–H and O–H groups in total. The third-order valence-electron chi connectivity index (χ3n) is 5.34. The van der Waals surface area contributed by atoms with Gasteiger partial charge in [-0.1, -0.05) is 0 Å². The van der Waals surface area contributed by atoms with Gasteiger partial charge in [0, 0.05) is 35.8 Å². The molecule has 2 fully saturated rings. The van der Waals surface area contributed by atoms with Gasteiger partial charge in [-0.05, 0) is 51.2 Å². The fourth-order valence-electron chi connectivity index (χ4n) is 4.10. The molecule has 2 saturated heterocycles. The van der Waals surface area contributed by atoms with Gasteiger partial charge in [-0.15, -0.1) is 0 Å². The van der Waals surface area contributed by atoms with Crippen molar-refractivity contribution < 1.29 is 14.3 Å². The lowest BCUT2D eigenvalue weighted by Crippen LogP contribution is -2.47. The zero-order valence-corrected chi connectivity index (χ0v) is 15.5. The molecule has 1 aromatic carbocycles. The van der Waals surface area contributed by atoms with Gasteiger partial charge >= 0.3 is 0 Å². The number of nitrogens with one attached hydrogen (secondary N) is 1. The van der Waals surface area contributed by atoms with Crippen LogP contribution in [-0.4, -0.2) is 79.3 Å². The molecule has 2 aliphatic heterocycles. The molecule has 0 aliphatic carbocycles. The highest BCUT2D eigenvalue weighted by atomic mass is 16.6. The van der Waals surface area contributed by atoms with E-state index in [2.05, 4.69) is 24.0 Å². The average molecular weight is 357 g/mol. The third-order valence-corrected chi connectivity index (χ3v) is 5.34. The Kier molecular flexibility index (Phi) is 4.73. The summed E-state index contributed by atoms with van der Waals surface area (Å²) in [6.45, 7) is 3.23. The number of hydrogen-bond acceptors (Lipinski definition) is 4. The molecule has 3 heterocycles. The molecule has 0 unspecified atom stereocenters. The molecule has 2 aromatic rings. The predicted molar refractivity (Wildman–Crippen MR) is 100 cm³/mol. The number of nitrogens with zero attached hydrogens (tertiary/aromatic N) is 2. The van der Waals surface area contributed by atoms with Gasteiger partial charge in [0.15, 0.2) is 0 Å². The molecule has 0 bridgehead atoms. The maximum atomic E-state index is 13.1. The van der Waals surface area contributed by atoms with E-state index in [-0.39, 0.29) is 17.6 Å². The van der Waals surface area contributed by atoms with E-state index in [1.807, 2.05) is 35.4 Å². The standard InChI is InChI=1S/C20H27N3O3/c1-22(2)12-17-5-7-20(26-17)13-23(9-10-25-14-20)19(24)16-3-4-18-15(11-16)6-8-21-18/h3-4,6,8,11,17,21H,5,7,9-10,12-14H2,1-2H3/t17-,20+/m1/s1. The van der Waals surface area contributed by atoms with Crippen LogP contribution in [0.5, 0.6) is 0 Å². The van der Waals surface area contributed by atoms with E-state index in [0.717, 1.165) is 35.9 Å². The second kappa shape index (κ2) is 7.02. The summed E-state index contributed by atoms with van der Waals surface area (Å²) in [5, 5.41) is 1.06. The number of aromatic nitrogens is 1. The van der Waals surface area contributed by atoms with Gasteiger partial charge in [0.05, 0.1) is 25.9 Å². The monoisotopic (exact) mass is 357 g/mol. The lowest BCUT2D eigenvalue weighted by molar-refractivity contribution is -0.0878. The van der Waals surface area contributed by atoms with Crippen molar-refractivity contribution in [3.05, 3.63) is 36.0 Å². The van der Waals surface area contributed by atoms with E-state index >= 15 is 0 Å². The summed E-state index contributed by atoms with van der Waals surface area (Å²) in [5.74, 6) is 0.0534. The van der Waals surface area contributed by atoms with Crippen LogP contribution >= 0.6 is 0 Å². The van der Waals surface area contributed by atoms with Gasteiger partial charge in [-0.2, -0.15) is 0 Å².